The van der Waals surface area contributed by atoms with Crippen molar-refractivity contribution >= 4 is 27.4 Å². The fraction of sp³-hybridized carbons (Fsp3) is 0.615. The zero-order valence-corrected chi connectivity index (χ0v) is 13.3. The van der Waals surface area contributed by atoms with E-state index in [1.54, 1.807) is 0 Å². The number of sulfonamides is 1. The third-order valence-electron chi connectivity index (χ3n) is 3.92. The molecule has 1 aromatic heterocycles. The van der Waals surface area contributed by atoms with Crippen LogP contribution in [0.5, 0.6) is 0 Å². The third kappa shape index (κ3) is 3.07. The Kier molecular flexibility index (Phi) is 4.56. The molecule has 7 heteroatoms. The zero-order valence-electron chi connectivity index (χ0n) is 11.7. The number of nitrogen functional groups attached to an aromatic ring is 1. The van der Waals surface area contributed by atoms with Gasteiger partial charge in [-0.15, -0.1) is 0 Å². The summed E-state index contributed by atoms with van der Waals surface area (Å²) in [6, 6.07) is 1.37. The SMILES string of the molecule is CC(C)C1CCN(S(=O)(=O)c2cnc(N)c(Cl)c2)CC1. The Labute approximate surface area is 125 Å². The lowest BCUT2D eigenvalue weighted by Gasteiger charge is -2.33. The molecule has 0 saturated carbocycles. The second-order valence-electron chi connectivity index (χ2n) is 5.52. The number of piperidine rings is 1. The van der Waals surface area contributed by atoms with Crippen molar-refractivity contribution in [2.24, 2.45) is 11.8 Å². The standard InChI is InChI=1S/C13H20ClN3O2S/c1-9(2)10-3-5-17(6-4-10)20(18,19)11-7-12(14)13(15)16-8-11/h7-10H,3-6H2,1-2H3,(H2,15,16). The van der Waals surface area contributed by atoms with Crippen molar-refractivity contribution in [1.82, 2.24) is 9.29 Å². The van der Waals surface area contributed by atoms with Gasteiger partial charge in [0.2, 0.25) is 10.0 Å². The first-order valence-electron chi connectivity index (χ1n) is 6.73. The summed E-state index contributed by atoms with van der Waals surface area (Å²) in [7, 11) is -3.52. The molecule has 1 saturated heterocycles. The summed E-state index contributed by atoms with van der Waals surface area (Å²) in [5.41, 5.74) is 5.51. The number of anilines is 1. The van der Waals surface area contributed by atoms with E-state index in [-0.39, 0.29) is 15.7 Å². The molecule has 2 N–H and O–H groups in total. The monoisotopic (exact) mass is 317 g/mol. The van der Waals surface area contributed by atoms with Crippen LogP contribution in [-0.4, -0.2) is 30.8 Å². The van der Waals surface area contributed by atoms with E-state index >= 15 is 0 Å². The number of aromatic nitrogens is 1. The Morgan fingerprint density at radius 2 is 2.00 bits per heavy atom. The van der Waals surface area contributed by atoms with Crippen LogP contribution in [0.25, 0.3) is 0 Å². The highest BCUT2D eigenvalue weighted by Crippen LogP contribution is 2.29. The Hall–Kier alpha value is -0.850. The van der Waals surface area contributed by atoms with Gasteiger partial charge in [-0.05, 0) is 30.7 Å². The van der Waals surface area contributed by atoms with Gasteiger partial charge in [-0.3, -0.25) is 0 Å². The minimum Gasteiger partial charge on any atom is -0.382 e. The molecular formula is C13H20ClN3O2S. The number of nitrogens with zero attached hydrogens (tertiary/aromatic N) is 2. The van der Waals surface area contributed by atoms with Crippen molar-refractivity contribution in [3.63, 3.8) is 0 Å². The van der Waals surface area contributed by atoms with E-state index in [0.29, 0.717) is 24.9 Å². The van der Waals surface area contributed by atoms with E-state index in [9.17, 15) is 8.42 Å². The first kappa shape index (κ1) is 15.5. The number of hydrogen-bond donors (Lipinski definition) is 1. The maximum Gasteiger partial charge on any atom is 0.244 e. The predicted molar refractivity (Wildman–Crippen MR) is 80.0 cm³/mol. The predicted octanol–water partition coefficient (Wildman–Crippen LogP) is 2.37. The van der Waals surface area contributed by atoms with Crippen molar-refractivity contribution in [2.75, 3.05) is 18.8 Å². The van der Waals surface area contributed by atoms with Crippen molar-refractivity contribution < 1.29 is 8.42 Å². The molecule has 0 spiro atoms. The molecule has 0 aliphatic carbocycles. The number of hydrogen-bond acceptors (Lipinski definition) is 4. The highest BCUT2D eigenvalue weighted by molar-refractivity contribution is 7.89. The van der Waals surface area contributed by atoms with Crippen LogP contribution in [0.1, 0.15) is 26.7 Å². The largest absolute Gasteiger partial charge is 0.382 e. The van der Waals surface area contributed by atoms with Gasteiger partial charge in [0.25, 0.3) is 0 Å². The van der Waals surface area contributed by atoms with E-state index in [2.05, 4.69) is 18.8 Å². The molecule has 1 aliphatic rings. The summed E-state index contributed by atoms with van der Waals surface area (Å²) in [4.78, 5) is 3.93. The lowest BCUT2D eigenvalue weighted by atomic mass is 9.87. The average molecular weight is 318 g/mol. The Balaban J connectivity index is 2.17. The van der Waals surface area contributed by atoms with E-state index in [1.807, 2.05) is 0 Å². The van der Waals surface area contributed by atoms with E-state index in [4.69, 9.17) is 17.3 Å². The Morgan fingerprint density at radius 3 is 2.50 bits per heavy atom. The van der Waals surface area contributed by atoms with Crippen molar-refractivity contribution in [1.29, 1.82) is 0 Å². The minimum absolute atomic E-state index is 0.111. The molecule has 1 aliphatic heterocycles. The summed E-state index contributed by atoms with van der Waals surface area (Å²) in [5.74, 6) is 1.33. The lowest BCUT2D eigenvalue weighted by molar-refractivity contribution is 0.226. The van der Waals surface area contributed by atoms with E-state index in [1.165, 1.54) is 16.6 Å². The second kappa shape index (κ2) is 5.87. The number of nitrogens with two attached hydrogens (primary N) is 1. The first-order valence-corrected chi connectivity index (χ1v) is 8.55. The maximum atomic E-state index is 12.5. The highest BCUT2D eigenvalue weighted by Gasteiger charge is 2.30. The van der Waals surface area contributed by atoms with E-state index in [0.717, 1.165) is 12.8 Å². The molecule has 0 unspecified atom stereocenters. The zero-order chi connectivity index (χ0) is 14.9. The molecule has 112 valence electrons. The van der Waals surface area contributed by atoms with Gasteiger partial charge < -0.3 is 5.73 Å². The molecule has 0 radical (unpaired) electrons. The van der Waals surface area contributed by atoms with Gasteiger partial charge in [-0.2, -0.15) is 4.31 Å². The summed E-state index contributed by atoms with van der Waals surface area (Å²) >= 11 is 5.85. The fourth-order valence-corrected chi connectivity index (χ4v) is 4.18. The molecule has 0 atom stereocenters. The smallest absolute Gasteiger partial charge is 0.244 e. The van der Waals surface area contributed by atoms with Crippen LogP contribution in [-0.2, 0) is 10.0 Å². The van der Waals surface area contributed by atoms with Gasteiger partial charge in [0.15, 0.2) is 0 Å². The lowest BCUT2D eigenvalue weighted by Crippen LogP contribution is -2.39. The summed E-state index contributed by atoms with van der Waals surface area (Å²) < 4.78 is 26.5. The molecule has 2 rings (SSSR count). The van der Waals surface area contributed by atoms with E-state index < -0.39 is 10.0 Å². The van der Waals surface area contributed by atoms with Crippen molar-refractivity contribution in [3.8, 4) is 0 Å². The quantitative estimate of drug-likeness (QED) is 0.928. The normalized spacial score (nSPS) is 18.6. The molecule has 0 bridgehead atoms. The molecule has 20 heavy (non-hydrogen) atoms. The first-order chi connectivity index (χ1) is 9.32. The molecule has 0 amide bonds. The summed E-state index contributed by atoms with van der Waals surface area (Å²) in [5, 5.41) is 0.170. The molecule has 2 heterocycles. The number of halogens is 1. The highest BCUT2D eigenvalue weighted by atomic mass is 35.5. The van der Waals surface area contributed by atoms with Crippen LogP contribution in [0.3, 0.4) is 0 Å². The molecule has 1 fully saturated rings. The van der Waals surface area contributed by atoms with Gasteiger partial charge in [-0.1, -0.05) is 25.4 Å². The summed E-state index contributed by atoms with van der Waals surface area (Å²) in [6.07, 6.45) is 3.06. The van der Waals surface area contributed by atoms with Gasteiger partial charge in [-0.25, -0.2) is 13.4 Å². The Morgan fingerprint density at radius 1 is 1.40 bits per heavy atom. The number of rotatable bonds is 3. The topological polar surface area (TPSA) is 76.3 Å². The maximum absolute atomic E-state index is 12.5. The van der Waals surface area contributed by atoms with Crippen LogP contribution in [0.2, 0.25) is 5.02 Å². The second-order valence-corrected chi connectivity index (χ2v) is 7.87. The fourth-order valence-electron chi connectivity index (χ4n) is 2.50. The van der Waals surface area contributed by atoms with Gasteiger partial charge in [0, 0.05) is 19.3 Å². The van der Waals surface area contributed by atoms with Crippen LogP contribution in [0.15, 0.2) is 17.2 Å². The van der Waals surface area contributed by atoms with Crippen LogP contribution in [0.4, 0.5) is 5.82 Å². The summed E-state index contributed by atoms with van der Waals surface area (Å²) in [6.45, 7) is 5.46. The van der Waals surface area contributed by atoms with Crippen molar-refractivity contribution in [3.05, 3.63) is 17.3 Å². The number of pyridine rings is 1. The minimum atomic E-state index is -3.52. The van der Waals surface area contributed by atoms with Gasteiger partial charge in [0.1, 0.15) is 10.7 Å². The van der Waals surface area contributed by atoms with Gasteiger partial charge >= 0.3 is 0 Å². The molecule has 1 aromatic rings. The Bertz CT molecular complexity index is 581. The molecular weight excluding hydrogens is 298 g/mol. The van der Waals surface area contributed by atoms with Gasteiger partial charge in [0.05, 0.1) is 5.02 Å². The van der Waals surface area contributed by atoms with Crippen LogP contribution < -0.4 is 5.73 Å². The van der Waals surface area contributed by atoms with Crippen LogP contribution >= 0.6 is 11.6 Å². The van der Waals surface area contributed by atoms with Crippen molar-refractivity contribution in [2.45, 2.75) is 31.6 Å². The third-order valence-corrected chi connectivity index (χ3v) is 6.09. The van der Waals surface area contributed by atoms with Crippen LogP contribution in [0, 0.1) is 11.8 Å². The molecule has 0 aromatic carbocycles. The average Bonchev–Trinajstić information content (AvgIpc) is 2.41. The molecule has 5 nitrogen and oxygen atoms in total.